The van der Waals surface area contributed by atoms with Gasteiger partial charge < -0.3 is 20.3 Å². The summed E-state index contributed by atoms with van der Waals surface area (Å²) in [5.74, 6) is -0.650. The molecule has 0 radical (unpaired) electrons. The highest BCUT2D eigenvalue weighted by atomic mass is 16.5. The molecule has 3 atom stereocenters. The van der Waals surface area contributed by atoms with E-state index in [1.165, 1.54) is 103 Å². The maximum atomic E-state index is 13.2. The zero-order valence-corrected chi connectivity index (χ0v) is 40.5. The summed E-state index contributed by atoms with van der Waals surface area (Å²) in [7, 11) is 0. The van der Waals surface area contributed by atoms with Gasteiger partial charge in [-0.1, -0.05) is 228 Å². The molecule has 6 nitrogen and oxygen atoms in total. The van der Waals surface area contributed by atoms with Gasteiger partial charge in [0.25, 0.3) is 0 Å². The first-order chi connectivity index (χ1) is 30.5. The van der Waals surface area contributed by atoms with Crippen LogP contribution in [0.25, 0.3) is 0 Å². The average Bonchev–Trinajstić information content (AvgIpc) is 3.26. The number of carbonyl (C=O) groups is 2. The Kier molecular flexibility index (Phi) is 46.7. The molecule has 0 heterocycles. The summed E-state index contributed by atoms with van der Waals surface area (Å²) in [6.07, 6.45) is 63.9. The molecule has 0 aromatic rings. The van der Waals surface area contributed by atoms with Crippen molar-refractivity contribution in [2.75, 3.05) is 6.61 Å². The number of ether oxygens (including phenoxy) is 1. The number of rotatable bonds is 45. The number of hydrogen-bond acceptors (Lipinski definition) is 5. The van der Waals surface area contributed by atoms with Crippen molar-refractivity contribution in [2.24, 2.45) is 0 Å². The molecule has 0 bridgehead atoms. The van der Waals surface area contributed by atoms with E-state index in [4.69, 9.17) is 4.74 Å². The van der Waals surface area contributed by atoms with Gasteiger partial charge in [-0.15, -0.1) is 0 Å². The van der Waals surface area contributed by atoms with Gasteiger partial charge in [-0.2, -0.15) is 0 Å². The average molecular weight is 864 g/mol. The largest absolute Gasteiger partial charge is 0.458 e. The fourth-order valence-electron chi connectivity index (χ4n) is 7.32. The van der Waals surface area contributed by atoms with Gasteiger partial charge in [0.15, 0.2) is 0 Å². The monoisotopic (exact) mass is 864 g/mol. The molecule has 0 aromatic heterocycles. The zero-order valence-electron chi connectivity index (χ0n) is 40.5. The van der Waals surface area contributed by atoms with Crippen LogP contribution in [0.1, 0.15) is 233 Å². The fourth-order valence-corrected chi connectivity index (χ4v) is 7.32. The van der Waals surface area contributed by atoms with E-state index < -0.39 is 18.2 Å². The van der Waals surface area contributed by atoms with Gasteiger partial charge >= 0.3 is 5.97 Å². The Labute approximate surface area is 383 Å². The van der Waals surface area contributed by atoms with Crippen LogP contribution in [0.4, 0.5) is 0 Å². The Morgan fingerprint density at radius 1 is 0.516 bits per heavy atom. The van der Waals surface area contributed by atoms with E-state index in [1.54, 1.807) is 6.08 Å². The van der Waals surface area contributed by atoms with Crippen LogP contribution >= 0.6 is 0 Å². The molecule has 356 valence electrons. The Morgan fingerprint density at radius 3 is 1.40 bits per heavy atom. The number of hydrogen-bond donors (Lipinski definition) is 3. The van der Waals surface area contributed by atoms with E-state index in [1.807, 2.05) is 6.08 Å². The fraction of sp³-hybridized carbons (Fsp3) is 0.714. The normalized spacial score (nSPS) is 14.0. The van der Waals surface area contributed by atoms with Crippen LogP contribution in [0.2, 0.25) is 0 Å². The minimum absolute atomic E-state index is 0.0556. The topological polar surface area (TPSA) is 95.9 Å². The van der Waals surface area contributed by atoms with Crippen LogP contribution in [0.15, 0.2) is 85.1 Å². The Bertz CT molecular complexity index is 1200. The maximum Gasteiger partial charge on any atom is 0.306 e. The molecule has 1 amide bonds. The molecule has 0 rings (SSSR count). The number of carbonyl (C=O) groups excluding carboxylic acids is 2. The third-order valence-electron chi connectivity index (χ3n) is 11.2. The highest BCUT2D eigenvalue weighted by Gasteiger charge is 2.23. The highest BCUT2D eigenvalue weighted by molar-refractivity contribution is 5.78. The highest BCUT2D eigenvalue weighted by Crippen LogP contribution is 2.15. The standard InChI is InChI=1S/C56H97NO5/c1-4-7-10-13-16-19-22-24-26-27-28-29-31-34-37-40-43-46-49-56(61)62-52(47-44-41-38-35-33-30-25-23-20-17-14-11-8-5-2)50-55(60)57-53(51-58)54(59)48-45-42-39-36-32-21-18-15-12-9-6-3/h8,11,17,20,25-30,35,38,44,47,52-54,58-59H,4-7,9-10,12-16,18-19,21-24,31-34,36-37,39-43,45-46,48-51H2,1-3H3,(H,57,60)/b11-8+,20-17+,27-26+,29-28+,30-25+,38-35+,47-44+. The van der Waals surface area contributed by atoms with E-state index in [2.05, 4.69) is 99.0 Å². The minimum atomic E-state index is -0.824. The van der Waals surface area contributed by atoms with Crippen molar-refractivity contribution >= 4 is 11.9 Å². The maximum absolute atomic E-state index is 13.2. The van der Waals surface area contributed by atoms with Crippen molar-refractivity contribution in [3.05, 3.63) is 85.1 Å². The van der Waals surface area contributed by atoms with Gasteiger partial charge in [0.2, 0.25) is 5.91 Å². The second-order valence-corrected chi connectivity index (χ2v) is 17.2. The van der Waals surface area contributed by atoms with Crippen molar-refractivity contribution in [3.8, 4) is 0 Å². The van der Waals surface area contributed by atoms with E-state index in [0.29, 0.717) is 19.3 Å². The lowest BCUT2D eigenvalue weighted by molar-refractivity contribution is -0.148. The molecule has 3 N–H and O–H groups in total. The van der Waals surface area contributed by atoms with Crippen LogP contribution in [-0.2, 0) is 14.3 Å². The van der Waals surface area contributed by atoms with Gasteiger partial charge in [-0.05, 0) is 76.7 Å². The molecule has 0 saturated carbocycles. The number of esters is 1. The summed E-state index contributed by atoms with van der Waals surface area (Å²) in [4.78, 5) is 26.1. The summed E-state index contributed by atoms with van der Waals surface area (Å²) in [6.45, 7) is 6.31. The number of unbranched alkanes of at least 4 members (excludes halogenated alkanes) is 22. The molecular formula is C56H97NO5. The molecule has 62 heavy (non-hydrogen) atoms. The van der Waals surface area contributed by atoms with Gasteiger partial charge in [0, 0.05) is 6.42 Å². The lowest BCUT2D eigenvalue weighted by Crippen LogP contribution is -2.46. The number of allylic oxidation sites excluding steroid dienone is 13. The first kappa shape index (κ1) is 59.0. The summed E-state index contributed by atoms with van der Waals surface area (Å²) in [5, 5.41) is 23.6. The van der Waals surface area contributed by atoms with E-state index in [0.717, 1.165) is 83.5 Å². The van der Waals surface area contributed by atoms with Crippen LogP contribution in [0, 0.1) is 0 Å². The SMILES string of the molecule is CC/C=C/C/C=C/C/C=C/C/C=C/C/C=C/C(CC(=O)NC(CO)C(O)CCCCCCCCCCCCC)OC(=O)CCCCCCC/C=C/C=C/CCCCCCCCC. The summed E-state index contributed by atoms with van der Waals surface area (Å²) in [6, 6.07) is -0.748. The first-order valence-electron chi connectivity index (χ1n) is 25.8. The molecular weight excluding hydrogens is 767 g/mol. The predicted octanol–water partition coefficient (Wildman–Crippen LogP) is 15.6. The van der Waals surface area contributed by atoms with E-state index in [9.17, 15) is 19.8 Å². The van der Waals surface area contributed by atoms with Crippen molar-refractivity contribution in [1.82, 2.24) is 5.32 Å². The molecule has 6 heteroatoms. The molecule has 0 saturated heterocycles. The quantitative estimate of drug-likeness (QED) is 0.0245. The van der Waals surface area contributed by atoms with Gasteiger partial charge in [0.1, 0.15) is 6.10 Å². The molecule has 0 spiro atoms. The third kappa shape index (κ3) is 43.7. The minimum Gasteiger partial charge on any atom is -0.458 e. The number of amides is 1. The molecule has 0 aliphatic carbocycles. The zero-order chi connectivity index (χ0) is 45.2. The third-order valence-corrected chi connectivity index (χ3v) is 11.2. The van der Waals surface area contributed by atoms with E-state index >= 15 is 0 Å². The van der Waals surface area contributed by atoms with Crippen LogP contribution in [-0.4, -0.2) is 46.9 Å². The number of aliphatic hydroxyl groups excluding tert-OH is 2. The summed E-state index contributed by atoms with van der Waals surface area (Å²) < 4.78 is 5.81. The van der Waals surface area contributed by atoms with Crippen molar-refractivity contribution in [1.29, 1.82) is 0 Å². The molecule has 0 fully saturated rings. The number of nitrogens with one attached hydrogen (secondary N) is 1. The lowest BCUT2D eigenvalue weighted by Gasteiger charge is -2.23. The Balaban J connectivity index is 4.74. The molecule has 0 aromatic carbocycles. The smallest absolute Gasteiger partial charge is 0.306 e. The van der Waals surface area contributed by atoms with Crippen molar-refractivity contribution in [2.45, 2.75) is 251 Å². The van der Waals surface area contributed by atoms with Crippen LogP contribution in [0.5, 0.6) is 0 Å². The van der Waals surface area contributed by atoms with Gasteiger partial charge in [-0.3, -0.25) is 9.59 Å². The number of aliphatic hydroxyl groups is 2. The van der Waals surface area contributed by atoms with E-state index in [-0.39, 0.29) is 24.9 Å². The molecule has 0 aliphatic rings. The lowest BCUT2D eigenvalue weighted by atomic mass is 10.0. The first-order valence-corrected chi connectivity index (χ1v) is 25.8. The second kappa shape index (κ2) is 49.1. The second-order valence-electron chi connectivity index (χ2n) is 17.2. The van der Waals surface area contributed by atoms with Crippen LogP contribution < -0.4 is 5.32 Å². The van der Waals surface area contributed by atoms with Gasteiger partial charge in [0.05, 0.1) is 25.2 Å². The summed E-state index contributed by atoms with van der Waals surface area (Å²) in [5.41, 5.74) is 0. The van der Waals surface area contributed by atoms with Gasteiger partial charge in [-0.25, -0.2) is 0 Å². The molecule has 3 unspecified atom stereocenters. The Hall–Kier alpha value is -2.96. The Morgan fingerprint density at radius 2 is 0.935 bits per heavy atom. The van der Waals surface area contributed by atoms with Crippen molar-refractivity contribution < 1.29 is 24.5 Å². The van der Waals surface area contributed by atoms with Crippen LogP contribution in [0.3, 0.4) is 0 Å². The predicted molar refractivity (Wildman–Crippen MR) is 268 cm³/mol. The molecule has 0 aliphatic heterocycles. The summed E-state index contributed by atoms with van der Waals surface area (Å²) >= 11 is 0. The van der Waals surface area contributed by atoms with Crippen molar-refractivity contribution in [3.63, 3.8) is 0 Å².